The molecule has 25 heavy (non-hydrogen) atoms. The van der Waals surface area contributed by atoms with Crippen molar-refractivity contribution in [2.75, 3.05) is 0 Å². The largest absolute Gasteiger partial charge is 0.623 e. The third-order valence-electron chi connectivity index (χ3n) is 3.51. The third-order valence-corrected chi connectivity index (χ3v) is 4.38. The molecule has 0 aromatic heterocycles. The van der Waals surface area contributed by atoms with Gasteiger partial charge in [-0.3, -0.25) is 4.55 Å². The van der Waals surface area contributed by atoms with Crippen LogP contribution in [0.3, 0.4) is 0 Å². The van der Waals surface area contributed by atoms with Crippen molar-refractivity contribution in [2.45, 2.75) is 31.2 Å². The summed E-state index contributed by atoms with van der Waals surface area (Å²) in [6, 6.07) is 13.4. The summed E-state index contributed by atoms with van der Waals surface area (Å²) in [7, 11) is -4.17. The van der Waals surface area contributed by atoms with E-state index in [1.54, 1.807) is 18.3 Å². The van der Waals surface area contributed by atoms with Crippen molar-refractivity contribution in [3.63, 3.8) is 0 Å². The van der Waals surface area contributed by atoms with E-state index < -0.39 is 15.7 Å². The summed E-state index contributed by atoms with van der Waals surface area (Å²) in [5, 5.41) is 11.9. The summed E-state index contributed by atoms with van der Waals surface area (Å²) in [4.78, 5) is -0.134. The fourth-order valence-electron chi connectivity index (χ4n) is 1.97. The van der Waals surface area contributed by atoms with Crippen molar-refractivity contribution in [2.24, 2.45) is 0 Å². The van der Waals surface area contributed by atoms with Gasteiger partial charge in [-0.05, 0) is 35.4 Å². The van der Waals surface area contributed by atoms with Gasteiger partial charge in [-0.2, -0.15) is 8.42 Å². The molecule has 0 saturated heterocycles. The Morgan fingerprint density at radius 1 is 0.880 bits per heavy atom. The van der Waals surface area contributed by atoms with Crippen LogP contribution in [0.2, 0.25) is 0 Å². The van der Waals surface area contributed by atoms with Crippen LogP contribution in [0, 0.1) is 5.21 Å². The second-order valence-corrected chi connectivity index (χ2v) is 8.09. The van der Waals surface area contributed by atoms with E-state index >= 15 is 0 Å². The average Bonchev–Trinajstić information content (AvgIpc) is 2.53. The molecule has 0 atom stereocenters. The Hall–Kier alpha value is -2.44. The first kappa shape index (κ1) is 18.9. The van der Waals surface area contributed by atoms with Gasteiger partial charge in [0.05, 0.1) is 4.90 Å². The highest BCUT2D eigenvalue weighted by Gasteiger charge is 2.17. The van der Waals surface area contributed by atoms with E-state index in [9.17, 15) is 13.6 Å². The van der Waals surface area contributed by atoms with Crippen LogP contribution in [0.15, 0.2) is 53.4 Å². The van der Waals surface area contributed by atoms with Gasteiger partial charge in [0.1, 0.15) is 0 Å². The van der Waals surface area contributed by atoms with Gasteiger partial charge < -0.3 is 5.21 Å². The molecule has 2 rings (SSSR count). The van der Waals surface area contributed by atoms with E-state index in [0.717, 1.165) is 21.4 Å². The Bertz CT molecular complexity index is 888. The van der Waals surface area contributed by atoms with Crippen LogP contribution >= 0.6 is 0 Å². The number of benzene rings is 2. The van der Waals surface area contributed by atoms with Crippen molar-refractivity contribution in [1.82, 2.24) is 0 Å². The topological polar surface area (TPSA) is 80.4 Å². The molecule has 0 heterocycles. The van der Waals surface area contributed by atoms with Gasteiger partial charge in [-0.15, -0.1) is 0 Å². The molecule has 1 N–H and O–H groups in total. The van der Waals surface area contributed by atoms with E-state index in [2.05, 4.69) is 0 Å². The van der Waals surface area contributed by atoms with E-state index in [4.69, 9.17) is 4.55 Å². The normalized spacial score (nSPS) is 13.4. The van der Waals surface area contributed by atoms with Crippen molar-refractivity contribution in [3.8, 4) is 0 Å². The van der Waals surface area contributed by atoms with Crippen LogP contribution in [0.25, 0.3) is 12.2 Å². The number of hydrogen-bond acceptors (Lipinski definition) is 3. The van der Waals surface area contributed by atoms with Crippen LogP contribution in [0.5, 0.6) is 0 Å². The molecule has 0 radical (unpaired) electrons. The van der Waals surface area contributed by atoms with E-state index in [1.807, 2.05) is 57.2 Å². The molecule has 0 unspecified atom stereocenters. The first-order valence-corrected chi connectivity index (χ1v) is 9.17. The Kier molecular flexibility index (Phi) is 5.45. The Morgan fingerprint density at radius 3 is 1.68 bits per heavy atom. The van der Waals surface area contributed by atoms with Crippen LogP contribution in [0.1, 0.15) is 37.5 Å². The van der Waals surface area contributed by atoms with E-state index in [0.29, 0.717) is 0 Å². The van der Waals surface area contributed by atoms with Gasteiger partial charge in [0, 0.05) is 26.3 Å². The molecule has 0 fully saturated rings. The van der Waals surface area contributed by atoms with E-state index in [-0.39, 0.29) is 4.90 Å². The van der Waals surface area contributed by atoms with Gasteiger partial charge >= 0.3 is 0 Å². The molecule has 2 aromatic carbocycles. The number of hydroxylamine groups is 1. The highest BCUT2D eigenvalue weighted by atomic mass is 32.2. The summed E-state index contributed by atoms with van der Waals surface area (Å²) < 4.78 is 31.9. The van der Waals surface area contributed by atoms with Gasteiger partial charge in [0.2, 0.25) is 0 Å². The molecule has 0 aliphatic heterocycles. The lowest BCUT2D eigenvalue weighted by Crippen LogP contribution is -2.29. The summed E-state index contributed by atoms with van der Waals surface area (Å²) >= 11 is 0. The van der Waals surface area contributed by atoms with E-state index in [1.165, 1.54) is 12.1 Å². The first-order valence-electron chi connectivity index (χ1n) is 7.73. The van der Waals surface area contributed by atoms with Crippen LogP contribution < -0.4 is 0 Å². The summed E-state index contributed by atoms with van der Waals surface area (Å²) in [5.74, 6) is 0. The Balaban J connectivity index is 2.12. The van der Waals surface area contributed by atoms with Crippen LogP contribution in [-0.4, -0.2) is 29.5 Å². The molecule has 0 aliphatic carbocycles. The molecule has 0 bridgehead atoms. The van der Waals surface area contributed by atoms with Crippen molar-refractivity contribution < 1.29 is 17.7 Å². The predicted molar refractivity (Wildman–Crippen MR) is 100 cm³/mol. The Morgan fingerprint density at radius 2 is 1.28 bits per heavy atom. The fraction of sp³-hybridized carbons (Fsp3) is 0.211. The van der Waals surface area contributed by atoms with Crippen LogP contribution in [0.4, 0.5) is 0 Å². The minimum Gasteiger partial charge on any atom is -0.623 e. The summed E-state index contributed by atoms with van der Waals surface area (Å²) in [5.41, 5.74) is 2.09. The maximum absolute atomic E-state index is 11.9. The molecular formula is C19H21NO4S. The molecule has 6 heteroatoms. The smallest absolute Gasteiger partial charge is 0.294 e. The molecule has 0 amide bonds. The summed E-state index contributed by atoms with van der Waals surface area (Å²) in [6.45, 7) is 5.54. The molecule has 0 saturated carbocycles. The minimum absolute atomic E-state index is 0.134. The lowest BCUT2D eigenvalue weighted by Gasteiger charge is -2.18. The molecule has 0 aliphatic rings. The zero-order valence-electron chi connectivity index (χ0n) is 14.4. The maximum Gasteiger partial charge on any atom is 0.294 e. The molecule has 5 nitrogen and oxygen atoms in total. The maximum atomic E-state index is 11.9. The molecule has 2 aromatic rings. The third kappa shape index (κ3) is 5.55. The van der Waals surface area contributed by atoms with Crippen LogP contribution in [-0.2, 0) is 10.1 Å². The van der Waals surface area contributed by atoms with Gasteiger partial charge in [0.15, 0.2) is 11.8 Å². The lowest BCUT2D eigenvalue weighted by atomic mass is 10.1. The fourth-order valence-corrected chi connectivity index (χ4v) is 2.45. The monoisotopic (exact) mass is 359 g/mol. The standard InChI is InChI=1S/C19H21NO4S/c1-19(2,3)20(21)14-17-8-6-15(7-9-17)4-5-16-10-12-18(13-11-16)25(22,23)24/h4-14H,1-3H3,(H,22,23,24)/b5-4+,20-14-. The van der Waals surface area contributed by atoms with Gasteiger partial charge in [-0.1, -0.05) is 36.4 Å². The van der Waals surface area contributed by atoms with Gasteiger partial charge in [0.25, 0.3) is 10.1 Å². The second kappa shape index (κ2) is 7.21. The number of nitrogens with zero attached hydrogens (tertiary/aromatic N) is 1. The molecule has 0 spiro atoms. The van der Waals surface area contributed by atoms with Crippen molar-refractivity contribution in [3.05, 3.63) is 70.4 Å². The SMILES string of the molecule is CC(C)(C)/[N+]([O-])=C/c1ccc(/C=C/c2ccc(S(=O)(=O)O)cc2)cc1. The zero-order valence-corrected chi connectivity index (χ0v) is 15.2. The minimum atomic E-state index is -4.17. The summed E-state index contributed by atoms with van der Waals surface area (Å²) in [6.07, 6.45) is 5.27. The highest BCUT2D eigenvalue weighted by molar-refractivity contribution is 7.85. The zero-order chi connectivity index (χ0) is 18.7. The van der Waals surface area contributed by atoms with Crippen molar-refractivity contribution >= 4 is 28.5 Å². The Labute approximate surface area is 148 Å². The number of rotatable bonds is 4. The lowest BCUT2D eigenvalue weighted by molar-refractivity contribution is -0.530. The van der Waals surface area contributed by atoms with Crippen molar-refractivity contribution in [1.29, 1.82) is 0 Å². The van der Waals surface area contributed by atoms with Gasteiger partial charge in [-0.25, -0.2) is 4.74 Å². The molecular weight excluding hydrogens is 338 g/mol. The molecule has 132 valence electrons. The quantitative estimate of drug-likeness (QED) is 0.225. The first-order chi connectivity index (χ1) is 11.6. The second-order valence-electron chi connectivity index (χ2n) is 6.67. The number of hydrogen-bond donors (Lipinski definition) is 1. The predicted octanol–water partition coefficient (Wildman–Crippen LogP) is 3.83. The average molecular weight is 359 g/mol. The highest BCUT2D eigenvalue weighted by Crippen LogP contribution is 2.13.